The first-order valence-corrected chi connectivity index (χ1v) is 10.9. The van der Waals surface area contributed by atoms with Crippen LogP contribution in [0, 0.1) is 12.1 Å². The molecule has 0 bridgehead atoms. The zero-order chi connectivity index (χ0) is 22.3. The van der Waals surface area contributed by atoms with Crippen LogP contribution in [0.15, 0.2) is 47.5 Å². The molecule has 2 aromatic rings. The van der Waals surface area contributed by atoms with Gasteiger partial charge in [0.1, 0.15) is 16.4 Å². The van der Waals surface area contributed by atoms with Gasteiger partial charge in [-0.3, -0.25) is 5.41 Å². The number of nitrogens with two attached hydrogens (primary N) is 1. The Morgan fingerprint density at radius 3 is 2.43 bits per heavy atom. The molecule has 0 unspecified atom stereocenters. The second kappa shape index (κ2) is 9.80. The van der Waals surface area contributed by atoms with Gasteiger partial charge in [-0.25, -0.2) is 18.5 Å². The third-order valence-corrected chi connectivity index (χ3v) is 4.56. The molecule has 0 radical (unpaired) electrons. The number of carbonyl (C=O) groups is 1. The highest BCUT2D eigenvalue weighted by molar-refractivity contribution is 7.90. The van der Waals surface area contributed by atoms with Crippen LogP contribution < -0.4 is 25.5 Å². The van der Waals surface area contributed by atoms with Crippen LogP contribution in [-0.4, -0.2) is 39.6 Å². The molecule has 0 aromatic heterocycles. The van der Waals surface area contributed by atoms with E-state index in [4.69, 9.17) is 14.9 Å². The monoisotopic (exact) mass is 430 g/mol. The van der Waals surface area contributed by atoms with Crippen molar-refractivity contribution in [1.82, 2.24) is 10.6 Å². The maximum absolute atomic E-state index is 12.6. The van der Waals surface area contributed by atoms with Crippen LogP contribution in [-0.2, 0) is 9.84 Å². The molecule has 0 aliphatic carbocycles. The maximum Gasteiger partial charge on any atom is 0.339 e. The minimum Gasteiger partial charge on any atom is -0.491 e. The van der Waals surface area contributed by atoms with Crippen molar-refractivity contribution in [1.29, 1.82) is 0 Å². The molecule has 8 nitrogen and oxygen atoms in total. The van der Waals surface area contributed by atoms with Gasteiger partial charge in [-0.2, -0.15) is 0 Å². The predicted molar refractivity (Wildman–Crippen MR) is 112 cm³/mol. The average Bonchev–Trinajstić information content (AvgIpc) is 2.65. The summed E-state index contributed by atoms with van der Waals surface area (Å²) in [6.07, 6.45) is 4.05. The molecule has 2 rings (SSSR count). The molecule has 0 saturated heterocycles. The third kappa shape index (κ3) is 6.83. The zero-order valence-corrected chi connectivity index (χ0v) is 18.0. The van der Waals surface area contributed by atoms with Crippen LogP contribution in [0.4, 0.5) is 0 Å². The van der Waals surface area contributed by atoms with Crippen molar-refractivity contribution in [3.63, 3.8) is 0 Å². The van der Waals surface area contributed by atoms with Gasteiger partial charge >= 0.3 is 5.91 Å². The lowest BCUT2D eigenvalue weighted by Gasteiger charge is -2.13. The summed E-state index contributed by atoms with van der Waals surface area (Å²) in [4.78, 5) is 12.6. The van der Waals surface area contributed by atoms with E-state index >= 15 is 0 Å². The third-order valence-electron chi connectivity index (χ3n) is 3.52. The molecule has 0 saturated carbocycles. The van der Waals surface area contributed by atoms with Crippen molar-refractivity contribution in [2.75, 3.05) is 13.3 Å². The summed E-state index contributed by atoms with van der Waals surface area (Å²) in [6, 6.07) is 12.7. The first kappa shape index (κ1) is 22.8. The Labute approximate surface area is 176 Å². The van der Waals surface area contributed by atoms with Gasteiger partial charge in [-0.1, -0.05) is 0 Å². The number of amidine groups is 1. The molecule has 9 heteroatoms. The number of nitrogens with one attached hydrogen (secondary N) is 2. The summed E-state index contributed by atoms with van der Waals surface area (Å²) in [6.45, 7) is 3.71. The van der Waals surface area contributed by atoms with Gasteiger partial charge in [-0.05, 0) is 50.2 Å². The molecular formula is C21H24N3O5S+. The number of rotatable bonds is 8. The highest BCUT2D eigenvalue weighted by atomic mass is 32.2. The summed E-state index contributed by atoms with van der Waals surface area (Å²) in [5, 5.41) is 11.1. The maximum atomic E-state index is 12.6. The highest BCUT2D eigenvalue weighted by Gasteiger charge is 2.17. The van der Waals surface area contributed by atoms with E-state index in [0.717, 1.165) is 6.26 Å². The highest BCUT2D eigenvalue weighted by Crippen LogP contribution is 2.28. The number of ether oxygens (including phenoxy) is 2. The molecular weight excluding hydrogens is 406 g/mol. The predicted octanol–water partition coefficient (Wildman–Crippen LogP) is 0.890. The quantitative estimate of drug-likeness (QED) is 0.423. The lowest BCUT2D eigenvalue weighted by atomic mass is 10.2. The van der Waals surface area contributed by atoms with Gasteiger partial charge in [0.2, 0.25) is 0 Å². The molecule has 0 aliphatic rings. The average molecular weight is 431 g/mol. The van der Waals surface area contributed by atoms with E-state index in [1.807, 2.05) is 13.8 Å². The second-order valence-electron chi connectivity index (χ2n) is 6.58. The topological polar surface area (TPSA) is 119 Å². The van der Waals surface area contributed by atoms with Gasteiger partial charge in [-0.15, -0.1) is 0 Å². The van der Waals surface area contributed by atoms with E-state index < -0.39 is 15.7 Å². The van der Waals surface area contributed by atoms with Crippen molar-refractivity contribution in [2.24, 2.45) is 0 Å². The van der Waals surface area contributed by atoms with Gasteiger partial charge < -0.3 is 14.8 Å². The van der Waals surface area contributed by atoms with Crippen molar-refractivity contribution in [2.45, 2.75) is 24.8 Å². The van der Waals surface area contributed by atoms with Gasteiger partial charge in [0, 0.05) is 31.6 Å². The number of amides is 1. The van der Waals surface area contributed by atoms with E-state index in [1.165, 1.54) is 24.3 Å². The van der Waals surface area contributed by atoms with Crippen LogP contribution in [0.1, 0.15) is 24.2 Å². The largest absolute Gasteiger partial charge is 0.491 e. The molecule has 0 heterocycles. The Morgan fingerprint density at radius 1 is 1.17 bits per heavy atom. The summed E-state index contributed by atoms with van der Waals surface area (Å²) < 4.78 is 34.5. The minimum absolute atomic E-state index is 0.00689. The van der Waals surface area contributed by atoms with Gasteiger partial charge in [0.25, 0.3) is 5.84 Å². The molecule has 0 fully saturated rings. The van der Waals surface area contributed by atoms with Crippen molar-refractivity contribution >= 4 is 21.6 Å². The van der Waals surface area contributed by atoms with E-state index in [-0.39, 0.29) is 28.1 Å². The molecule has 2 aromatic carbocycles. The van der Waals surface area contributed by atoms with Crippen LogP contribution >= 0.6 is 0 Å². The van der Waals surface area contributed by atoms with E-state index in [1.54, 1.807) is 25.4 Å². The fourth-order valence-corrected chi connectivity index (χ4v) is 2.83. The SMILES string of the molecule is CN/C=C\C(=[NH2+])NC(=O)c1cc(Oc2c#cc(S(C)(=O)=O)cc2)cc(OC(C)C)c1. The van der Waals surface area contributed by atoms with Crippen LogP contribution in [0.5, 0.6) is 17.2 Å². The Bertz CT molecular complexity index is 1040. The van der Waals surface area contributed by atoms with Crippen LogP contribution in [0.25, 0.3) is 0 Å². The number of carbonyl (C=O) groups excluding carboxylic acids is 1. The smallest absolute Gasteiger partial charge is 0.339 e. The Morgan fingerprint density at radius 2 is 1.87 bits per heavy atom. The standard InChI is InChI=1S/C21H23N3O5S/c1-14(2)28-17-11-15(21(25)24-20(22)9-10-23-3)12-18(13-17)29-16-5-7-19(8-6-16)30(4,26)27/h5,7,9-14,23H,1-4H3,(H2,22,24,25)/p+1/b10-9-. The summed E-state index contributed by atoms with van der Waals surface area (Å²) >= 11 is 0. The van der Waals surface area contributed by atoms with Crippen molar-refractivity contribution in [3.05, 3.63) is 60.3 Å². The Kier molecular flexibility index (Phi) is 7.44. The van der Waals surface area contributed by atoms with E-state index in [9.17, 15) is 13.2 Å². The van der Waals surface area contributed by atoms with Crippen molar-refractivity contribution < 1.29 is 28.1 Å². The van der Waals surface area contributed by atoms with Gasteiger partial charge in [0.15, 0.2) is 15.6 Å². The molecule has 30 heavy (non-hydrogen) atoms. The summed E-state index contributed by atoms with van der Waals surface area (Å²) in [5.41, 5.74) is 0.265. The molecule has 158 valence electrons. The number of hydrogen-bond acceptors (Lipinski definition) is 6. The van der Waals surface area contributed by atoms with Crippen molar-refractivity contribution in [3.8, 4) is 17.2 Å². The first-order valence-electron chi connectivity index (χ1n) is 8.99. The second-order valence-corrected chi connectivity index (χ2v) is 8.56. The summed E-state index contributed by atoms with van der Waals surface area (Å²) in [7, 11) is -1.68. The van der Waals surface area contributed by atoms with E-state index in [2.05, 4.69) is 22.8 Å². The molecule has 4 N–H and O–H groups in total. The molecule has 1 amide bonds. The molecule has 0 spiro atoms. The Balaban J connectivity index is 2.30. The fraction of sp³-hybridized carbons (Fsp3) is 0.238. The normalized spacial score (nSPS) is 11.1. The van der Waals surface area contributed by atoms with Gasteiger partial charge in [0.05, 0.1) is 11.7 Å². The molecule has 0 atom stereocenters. The van der Waals surface area contributed by atoms with Crippen LogP contribution in [0.3, 0.4) is 0 Å². The zero-order valence-electron chi connectivity index (χ0n) is 17.1. The number of hydrogen-bond donors (Lipinski definition) is 3. The molecule has 0 aliphatic heterocycles. The summed E-state index contributed by atoms with van der Waals surface area (Å²) in [5.74, 6) is 0.674. The lowest BCUT2D eigenvalue weighted by molar-refractivity contribution is -0.115. The van der Waals surface area contributed by atoms with E-state index in [0.29, 0.717) is 11.5 Å². The lowest BCUT2D eigenvalue weighted by Crippen LogP contribution is -2.49. The number of sulfone groups is 1. The number of benzene rings is 1. The Hall–Kier alpha value is -3.51. The van der Waals surface area contributed by atoms with Crippen LogP contribution in [0.2, 0.25) is 0 Å². The first-order chi connectivity index (χ1) is 14.1. The fourth-order valence-electron chi connectivity index (χ4n) is 2.28. The minimum atomic E-state index is -3.39.